The van der Waals surface area contributed by atoms with E-state index in [1.807, 2.05) is 36.4 Å². The Morgan fingerprint density at radius 1 is 1.03 bits per heavy atom. The summed E-state index contributed by atoms with van der Waals surface area (Å²) >= 11 is 0. The van der Waals surface area contributed by atoms with Crippen LogP contribution in [0.15, 0.2) is 61.2 Å². The number of ketones is 1. The van der Waals surface area contributed by atoms with Crippen LogP contribution in [-0.2, 0) is 19.1 Å². The first-order valence-electron chi connectivity index (χ1n) is 9.89. The zero-order valence-electron chi connectivity index (χ0n) is 16.9. The average molecular weight is 424 g/mol. The van der Waals surface area contributed by atoms with Gasteiger partial charge in [-0.25, -0.2) is 9.59 Å². The van der Waals surface area contributed by atoms with Crippen molar-refractivity contribution in [1.82, 2.24) is 5.32 Å². The van der Waals surface area contributed by atoms with Gasteiger partial charge in [0.1, 0.15) is 25.0 Å². The summed E-state index contributed by atoms with van der Waals surface area (Å²) in [4.78, 5) is 35.9. The highest BCUT2D eigenvalue weighted by atomic mass is 16.6. The monoisotopic (exact) mass is 423 g/mol. The van der Waals surface area contributed by atoms with Crippen molar-refractivity contribution in [2.24, 2.45) is 0 Å². The number of fused-ring (bicyclic) bond motifs is 3. The second kappa shape index (κ2) is 11.1. The minimum absolute atomic E-state index is 0. The fraction of sp³-hybridized carbons (Fsp3) is 0.320. The summed E-state index contributed by atoms with van der Waals surface area (Å²) < 4.78 is 10.5. The minimum Gasteiger partial charge on any atom is -0.460 e. The van der Waals surface area contributed by atoms with Crippen LogP contribution in [0.1, 0.15) is 44.2 Å². The van der Waals surface area contributed by atoms with Crippen molar-refractivity contribution in [2.45, 2.75) is 39.2 Å². The number of Topliss-reactive ketones (excluding diaryl/α,β-unsaturated/α-hetero) is 1. The molecule has 164 valence electrons. The molecule has 0 spiro atoms. The van der Waals surface area contributed by atoms with Crippen LogP contribution in [-0.4, -0.2) is 37.1 Å². The van der Waals surface area contributed by atoms with E-state index in [1.165, 1.54) is 13.0 Å². The molecule has 1 unspecified atom stereocenters. The van der Waals surface area contributed by atoms with Crippen LogP contribution in [0.2, 0.25) is 0 Å². The number of nitrogens with one attached hydrogen (secondary N) is 1. The summed E-state index contributed by atoms with van der Waals surface area (Å²) in [6.45, 7) is 5.09. The minimum atomic E-state index is -0.954. The molecule has 1 aliphatic rings. The molecule has 0 saturated heterocycles. The van der Waals surface area contributed by atoms with E-state index in [2.05, 4.69) is 24.0 Å². The fourth-order valence-electron chi connectivity index (χ4n) is 3.62. The number of hydrogen-bond donors (Lipinski definition) is 1. The molecule has 1 amide bonds. The lowest BCUT2D eigenvalue weighted by molar-refractivity contribution is -0.145. The van der Waals surface area contributed by atoms with Gasteiger partial charge in [-0.3, -0.25) is 0 Å². The Balaban J connectivity index is 0.00000341. The number of alkyl carbamates (subject to hydrolysis) is 1. The molecule has 6 heteroatoms. The van der Waals surface area contributed by atoms with E-state index in [9.17, 15) is 14.4 Å². The lowest BCUT2D eigenvalue weighted by Crippen LogP contribution is -2.42. The van der Waals surface area contributed by atoms with Crippen molar-refractivity contribution in [1.29, 1.82) is 0 Å². The van der Waals surface area contributed by atoms with Crippen LogP contribution in [0.5, 0.6) is 0 Å². The molecule has 0 saturated carbocycles. The lowest BCUT2D eigenvalue weighted by atomic mass is 9.98. The highest BCUT2D eigenvalue weighted by molar-refractivity contribution is 5.83. The van der Waals surface area contributed by atoms with E-state index in [4.69, 9.17) is 9.47 Å². The van der Waals surface area contributed by atoms with Crippen LogP contribution in [0.3, 0.4) is 0 Å². The van der Waals surface area contributed by atoms with Crippen LogP contribution < -0.4 is 5.32 Å². The van der Waals surface area contributed by atoms with E-state index in [-0.39, 0.29) is 45.2 Å². The van der Waals surface area contributed by atoms with Gasteiger partial charge in [-0.2, -0.15) is 0 Å². The Hall–Kier alpha value is -3.41. The van der Waals surface area contributed by atoms with Crippen molar-refractivity contribution >= 4 is 17.8 Å². The topological polar surface area (TPSA) is 81.7 Å². The predicted octanol–water partition coefficient (Wildman–Crippen LogP) is 4.63. The Labute approximate surface area is 183 Å². The molecule has 0 radical (unpaired) electrons. The first kappa shape index (κ1) is 23.9. The number of carbonyl (C=O) groups excluding carboxylic acids is 3. The number of rotatable bonds is 9. The number of ether oxygens (including phenoxy) is 2. The largest absolute Gasteiger partial charge is 0.460 e. The summed E-state index contributed by atoms with van der Waals surface area (Å²) in [5, 5.41) is 2.53. The molecule has 1 atom stereocenters. The van der Waals surface area contributed by atoms with Gasteiger partial charge in [-0.05, 0) is 35.6 Å². The van der Waals surface area contributed by atoms with Crippen LogP contribution in [0.25, 0.3) is 11.1 Å². The van der Waals surface area contributed by atoms with Crippen molar-refractivity contribution in [2.75, 3.05) is 13.2 Å². The van der Waals surface area contributed by atoms with E-state index in [1.54, 1.807) is 0 Å². The molecule has 0 aliphatic heterocycles. The Bertz CT molecular complexity index is 907. The smallest absolute Gasteiger partial charge is 0.407 e. The van der Waals surface area contributed by atoms with Crippen LogP contribution in [0, 0.1) is 0 Å². The highest BCUT2D eigenvalue weighted by Crippen LogP contribution is 2.44. The van der Waals surface area contributed by atoms with Gasteiger partial charge in [0.25, 0.3) is 0 Å². The van der Waals surface area contributed by atoms with Crippen molar-refractivity contribution in [3.8, 4) is 11.1 Å². The van der Waals surface area contributed by atoms with E-state index in [0.29, 0.717) is 0 Å². The molecule has 6 nitrogen and oxygen atoms in total. The third-order valence-electron chi connectivity index (χ3n) is 5.05. The first-order valence-corrected chi connectivity index (χ1v) is 9.89. The molecule has 1 N–H and O–H groups in total. The van der Waals surface area contributed by atoms with Gasteiger partial charge in [0, 0.05) is 12.3 Å². The molecule has 0 fully saturated rings. The maximum Gasteiger partial charge on any atom is 0.407 e. The summed E-state index contributed by atoms with van der Waals surface area (Å²) in [7, 11) is 0. The molecular formula is C25H29NO5. The van der Waals surface area contributed by atoms with Crippen molar-refractivity contribution in [3.63, 3.8) is 0 Å². The van der Waals surface area contributed by atoms with Crippen molar-refractivity contribution in [3.05, 3.63) is 72.3 Å². The molecule has 0 heterocycles. The standard InChI is InChI=1S/C24H25NO5.CH4/c1-3-14-29-23(27)22(13-12-16(2)26)25-24(28)30-15-21-19-10-6-4-8-17(19)18-9-5-7-11-20(18)21;/h3-11,21-22H,1,12-15H2,2H3,(H,25,28);1H4. The highest BCUT2D eigenvalue weighted by Gasteiger charge is 2.30. The molecule has 2 aromatic rings. The summed E-state index contributed by atoms with van der Waals surface area (Å²) in [5.41, 5.74) is 4.47. The van der Waals surface area contributed by atoms with Crippen molar-refractivity contribution < 1.29 is 23.9 Å². The number of esters is 1. The van der Waals surface area contributed by atoms with E-state index in [0.717, 1.165) is 22.3 Å². The van der Waals surface area contributed by atoms with E-state index >= 15 is 0 Å². The molecule has 2 aromatic carbocycles. The summed E-state index contributed by atoms with van der Waals surface area (Å²) in [5.74, 6) is -0.776. The van der Waals surface area contributed by atoms with Gasteiger partial charge in [0.2, 0.25) is 0 Å². The predicted molar refractivity (Wildman–Crippen MR) is 120 cm³/mol. The van der Waals surface area contributed by atoms with Crippen LogP contribution in [0.4, 0.5) is 4.79 Å². The second-order valence-electron chi connectivity index (χ2n) is 7.18. The number of carbonyl (C=O) groups is 3. The third kappa shape index (κ3) is 5.81. The maximum atomic E-state index is 12.4. The average Bonchev–Trinajstić information content (AvgIpc) is 3.07. The van der Waals surface area contributed by atoms with Gasteiger partial charge in [0.15, 0.2) is 0 Å². The van der Waals surface area contributed by atoms with E-state index < -0.39 is 18.1 Å². The van der Waals surface area contributed by atoms with Crippen LogP contribution >= 0.6 is 0 Å². The van der Waals surface area contributed by atoms with Gasteiger partial charge in [0.05, 0.1) is 0 Å². The quantitative estimate of drug-likeness (QED) is 0.470. The number of hydrogen-bond acceptors (Lipinski definition) is 5. The first-order chi connectivity index (χ1) is 14.5. The van der Waals surface area contributed by atoms with Gasteiger partial charge < -0.3 is 19.6 Å². The molecule has 0 aromatic heterocycles. The number of benzene rings is 2. The molecule has 0 bridgehead atoms. The third-order valence-corrected chi connectivity index (χ3v) is 5.05. The molecule has 31 heavy (non-hydrogen) atoms. The molecule has 1 aliphatic carbocycles. The summed E-state index contributed by atoms with van der Waals surface area (Å²) in [6, 6.07) is 15.1. The fourth-order valence-corrected chi connectivity index (χ4v) is 3.62. The Morgan fingerprint density at radius 2 is 1.61 bits per heavy atom. The SMILES string of the molecule is C.C=CCOC(=O)C(CCC(C)=O)NC(=O)OCC1c2ccccc2-c2ccccc21. The van der Waals surface area contributed by atoms with Gasteiger partial charge in [-0.1, -0.05) is 68.6 Å². The summed E-state index contributed by atoms with van der Waals surface area (Å²) in [6.07, 6.45) is 1.02. The second-order valence-corrected chi connectivity index (χ2v) is 7.18. The molecule has 3 rings (SSSR count). The number of amides is 1. The van der Waals surface area contributed by atoms with Gasteiger partial charge in [-0.15, -0.1) is 0 Å². The Morgan fingerprint density at radius 3 is 2.16 bits per heavy atom. The normalized spacial score (nSPS) is 12.5. The molecular weight excluding hydrogens is 394 g/mol. The maximum absolute atomic E-state index is 12.4. The Kier molecular flexibility index (Phi) is 8.55. The zero-order chi connectivity index (χ0) is 21.5. The zero-order valence-corrected chi connectivity index (χ0v) is 16.9. The van der Waals surface area contributed by atoms with Gasteiger partial charge >= 0.3 is 12.1 Å². The lowest BCUT2D eigenvalue weighted by Gasteiger charge is -2.18.